The molecule has 0 amide bonds. The number of hydrogen-bond acceptors (Lipinski definition) is 3. The van der Waals surface area contributed by atoms with E-state index in [0.29, 0.717) is 12.1 Å². The Hall–Kier alpha value is -1.59. The Balaban J connectivity index is 1.70. The number of likely N-dealkylation sites (tertiary alicyclic amines) is 1. The van der Waals surface area contributed by atoms with Crippen molar-refractivity contribution < 1.29 is 0 Å². The van der Waals surface area contributed by atoms with Gasteiger partial charge >= 0.3 is 5.69 Å². The molecule has 114 valence electrons. The Morgan fingerprint density at radius 2 is 2.05 bits per heavy atom. The highest BCUT2D eigenvalue weighted by molar-refractivity contribution is 5.75. The Bertz CT molecular complexity index is 660. The minimum atomic E-state index is -0.144. The zero-order chi connectivity index (χ0) is 14.8. The van der Waals surface area contributed by atoms with Crippen molar-refractivity contribution in [2.75, 3.05) is 20.1 Å². The summed E-state index contributed by atoms with van der Waals surface area (Å²) in [6.07, 6.45) is 3.69. The number of H-pyrrole nitrogens is 2. The summed E-state index contributed by atoms with van der Waals surface area (Å²) in [5, 5.41) is 3.74. The van der Waals surface area contributed by atoms with Crippen LogP contribution in [0.2, 0.25) is 0 Å². The van der Waals surface area contributed by atoms with Crippen LogP contribution in [0.5, 0.6) is 0 Å². The van der Waals surface area contributed by atoms with Crippen LogP contribution in [0.4, 0.5) is 0 Å². The molecule has 1 saturated heterocycles. The predicted molar refractivity (Wildman–Crippen MR) is 85.6 cm³/mol. The van der Waals surface area contributed by atoms with Gasteiger partial charge in [-0.1, -0.05) is 6.07 Å². The van der Waals surface area contributed by atoms with E-state index in [4.69, 9.17) is 0 Å². The van der Waals surface area contributed by atoms with Gasteiger partial charge in [0.05, 0.1) is 11.0 Å². The second kappa shape index (κ2) is 6.03. The first-order valence-electron chi connectivity index (χ1n) is 7.78. The summed E-state index contributed by atoms with van der Waals surface area (Å²) in [7, 11) is 2.20. The SMILES string of the molecule is CC(NC1CCCN(C)CC1)c1ccc2[nH]c(=O)[nH]c2c1. The highest BCUT2D eigenvalue weighted by Gasteiger charge is 2.17. The molecule has 5 heteroatoms. The van der Waals surface area contributed by atoms with Crippen molar-refractivity contribution in [3.63, 3.8) is 0 Å². The summed E-state index contributed by atoms with van der Waals surface area (Å²) >= 11 is 0. The third-order valence-electron chi connectivity index (χ3n) is 4.48. The maximum atomic E-state index is 11.3. The van der Waals surface area contributed by atoms with Gasteiger partial charge in [0.2, 0.25) is 0 Å². The van der Waals surface area contributed by atoms with Crippen molar-refractivity contribution in [3.8, 4) is 0 Å². The molecular weight excluding hydrogens is 264 g/mol. The van der Waals surface area contributed by atoms with E-state index in [0.717, 1.165) is 17.6 Å². The molecule has 2 atom stereocenters. The summed E-state index contributed by atoms with van der Waals surface area (Å²) < 4.78 is 0. The Kier molecular flexibility index (Phi) is 4.12. The molecule has 3 rings (SSSR count). The average Bonchev–Trinajstić information content (AvgIpc) is 2.71. The highest BCUT2D eigenvalue weighted by Crippen LogP contribution is 2.20. The van der Waals surface area contributed by atoms with E-state index >= 15 is 0 Å². The van der Waals surface area contributed by atoms with E-state index in [-0.39, 0.29) is 5.69 Å². The van der Waals surface area contributed by atoms with Gasteiger partial charge in [-0.3, -0.25) is 0 Å². The lowest BCUT2D eigenvalue weighted by Crippen LogP contribution is -2.32. The molecule has 0 radical (unpaired) electrons. The van der Waals surface area contributed by atoms with Gasteiger partial charge < -0.3 is 20.2 Å². The second-order valence-corrected chi connectivity index (χ2v) is 6.20. The molecule has 1 fully saturated rings. The van der Waals surface area contributed by atoms with Gasteiger partial charge in [0.25, 0.3) is 0 Å². The van der Waals surface area contributed by atoms with Crippen molar-refractivity contribution in [2.45, 2.75) is 38.3 Å². The second-order valence-electron chi connectivity index (χ2n) is 6.20. The lowest BCUT2D eigenvalue weighted by molar-refractivity contribution is 0.340. The molecular formula is C16H24N4O. The van der Waals surface area contributed by atoms with E-state index < -0.39 is 0 Å². The first-order chi connectivity index (χ1) is 10.1. The molecule has 1 aromatic heterocycles. The topological polar surface area (TPSA) is 63.9 Å². The molecule has 1 aliphatic rings. The number of imidazole rings is 1. The van der Waals surface area contributed by atoms with Crippen molar-refractivity contribution >= 4 is 11.0 Å². The Labute approximate surface area is 124 Å². The van der Waals surface area contributed by atoms with Gasteiger partial charge in [0.15, 0.2) is 0 Å². The minimum absolute atomic E-state index is 0.144. The predicted octanol–water partition coefficient (Wildman–Crippen LogP) is 1.99. The zero-order valence-corrected chi connectivity index (χ0v) is 12.8. The van der Waals surface area contributed by atoms with Gasteiger partial charge in [-0.2, -0.15) is 0 Å². The number of rotatable bonds is 3. The lowest BCUT2D eigenvalue weighted by atomic mass is 10.0. The molecule has 1 aliphatic heterocycles. The van der Waals surface area contributed by atoms with E-state index in [1.807, 2.05) is 6.07 Å². The van der Waals surface area contributed by atoms with Gasteiger partial charge in [-0.05, 0) is 64.0 Å². The van der Waals surface area contributed by atoms with Crippen molar-refractivity contribution in [2.24, 2.45) is 0 Å². The third-order valence-corrected chi connectivity index (χ3v) is 4.48. The third kappa shape index (κ3) is 3.36. The number of hydrogen-bond donors (Lipinski definition) is 3. The fourth-order valence-corrected chi connectivity index (χ4v) is 3.18. The molecule has 0 saturated carbocycles. The number of aromatic amines is 2. The smallest absolute Gasteiger partial charge is 0.307 e. The van der Waals surface area contributed by atoms with Gasteiger partial charge in [-0.25, -0.2) is 4.79 Å². The van der Waals surface area contributed by atoms with E-state index in [1.165, 1.54) is 31.4 Å². The molecule has 2 unspecified atom stereocenters. The van der Waals surface area contributed by atoms with Crippen molar-refractivity contribution in [3.05, 3.63) is 34.2 Å². The highest BCUT2D eigenvalue weighted by atomic mass is 16.1. The molecule has 3 N–H and O–H groups in total. The van der Waals surface area contributed by atoms with Crippen LogP contribution in [0.3, 0.4) is 0 Å². The van der Waals surface area contributed by atoms with Crippen LogP contribution in [0.25, 0.3) is 11.0 Å². The molecule has 21 heavy (non-hydrogen) atoms. The van der Waals surface area contributed by atoms with Crippen LogP contribution in [-0.4, -0.2) is 41.0 Å². The van der Waals surface area contributed by atoms with Gasteiger partial charge in [-0.15, -0.1) is 0 Å². The Morgan fingerprint density at radius 3 is 2.90 bits per heavy atom. The van der Waals surface area contributed by atoms with Crippen LogP contribution in [0.1, 0.15) is 37.8 Å². The summed E-state index contributed by atoms with van der Waals surface area (Å²) in [5.74, 6) is 0. The van der Waals surface area contributed by atoms with E-state index in [2.05, 4.69) is 46.3 Å². The van der Waals surface area contributed by atoms with Crippen molar-refractivity contribution in [1.29, 1.82) is 0 Å². The molecule has 0 bridgehead atoms. The minimum Gasteiger partial charge on any atom is -0.307 e. The van der Waals surface area contributed by atoms with Crippen LogP contribution in [-0.2, 0) is 0 Å². The fourth-order valence-electron chi connectivity index (χ4n) is 3.18. The number of aromatic nitrogens is 2. The number of benzene rings is 1. The fraction of sp³-hybridized carbons (Fsp3) is 0.562. The summed E-state index contributed by atoms with van der Waals surface area (Å²) in [4.78, 5) is 19.3. The summed E-state index contributed by atoms with van der Waals surface area (Å²) in [6, 6.07) is 6.99. The summed E-state index contributed by atoms with van der Waals surface area (Å²) in [6.45, 7) is 4.55. The molecule has 5 nitrogen and oxygen atoms in total. The van der Waals surface area contributed by atoms with Gasteiger partial charge in [0.1, 0.15) is 0 Å². The summed E-state index contributed by atoms with van der Waals surface area (Å²) in [5.41, 5.74) is 2.82. The number of nitrogens with one attached hydrogen (secondary N) is 3. The monoisotopic (exact) mass is 288 g/mol. The van der Waals surface area contributed by atoms with Crippen molar-refractivity contribution in [1.82, 2.24) is 20.2 Å². The van der Waals surface area contributed by atoms with Crippen LogP contribution >= 0.6 is 0 Å². The standard InChI is InChI=1S/C16H24N4O/c1-11(17-13-4-3-8-20(2)9-7-13)12-5-6-14-15(10-12)19-16(21)18-14/h5-6,10-11,13,17H,3-4,7-9H2,1-2H3,(H2,18,19,21). The zero-order valence-electron chi connectivity index (χ0n) is 12.8. The van der Waals surface area contributed by atoms with Crippen LogP contribution < -0.4 is 11.0 Å². The number of fused-ring (bicyclic) bond motifs is 1. The molecule has 0 aliphatic carbocycles. The van der Waals surface area contributed by atoms with E-state index in [1.54, 1.807) is 0 Å². The quantitative estimate of drug-likeness (QED) is 0.809. The molecule has 2 heterocycles. The molecule has 0 spiro atoms. The molecule has 1 aromatic carbocycles. The first kappa shape index (κ1) is 14.4. The van der Waals surface area contributed by atoms with Gasteiger partial charge in [0, 0.05) is 12.1 Å². The largest absolute Gasteiger partial charge is 0.323 e. The maximum absolute atomic E-state index is 11.3. The first-order valence-corrected chi connectivity index (χ1v) is 7.78. The Morgan fingerprint density at radius 1 is 1.24 bits per heavy atom. The maximum Gasteiger partial charge on any atom is 0.323 e. The van der Waals surface area contributed by atoms with Crippen LogP contribution in [0.15, 0.2) is 23.0 Å². The number of nitrogens with zero attached hydrogens (tertiary/aromatic N) is 1. The normalized spacial score (nSPS) is 22.3. The van der Waals surface area contributed by atoms with Crippen LogP contribution in [0, 0.1) is 0 Å². The average molecular weight is 288 g/mol. The lowest BCUT2D eigenvalue weighted by Gasteiger charge is -2.22. The van der Waals surface area contributed by atoms with E-state index in [9.17, 15) is 4.79 Å². The molecule has 2 aromatic rings.